The van der Waals surface area contributed by atoms with E-state index in [9.17, 15) is 0 Å². The highest BCUT2D eigenvalue weighted by Gasteiger charge is 2.43. The summed E-state index contributed by atoms with van der Waals surface area (Å²) in [6.07, 6.45) is 0. The summed E-state index contributed by atoms with van der Waals surface area (Å²) in [6, 6.07) is 126. The molecule has 0 unspecified atom stereocenters. The lowest BCUT2D eigenvalue weighted by molar-refractivity contribution is 0.590. The van der Waals surface area contributed by atoms with Crippen LogP contribution in [0.4, 0.5) is 0 Å². The van der Waals surface area contributed by atoms with Gasteiger partial charge in [0.25, 0.3) is 6.71 Å². The van der Waals surface area contributed by atoms with Crippen LogP contribution in [0, 0.1) is 0 Å². The largest absolute Gasteiger partial charge is 0.310 e. The Labute approximate surface area is 676 Å². The molecule has 0 aliphatic carbocycles. The van der Waals surface area contributed by atoms with Gasteiger partial charge in [-0.1, -0.05) is 326 Å². The normalized spacial score (nSPS) is 12.7. The summed E-state index contributed by atoms with van der Waals surface area (Å²) in [6.45, 7) is 27.4. The summed E-state index contributed by atoms with van der Waals surface area (Å²) >= 11 is 0. The Morgan fingerprint density at radius 2 is 0.478 bits per heavy atom. The van der Waals surface area contributed by atoms with Crippen LogP contribution in [0.3, 0.4) is 0 Å². The Kier molecular flexibility index (Phi) is 16.6. The van der Waals surface area contributed by atoms with E-state index in [-0.39, 0.29) is 28.4 Å². The molecule has 0 saturated heterocycles. The van der Waals surface area contributed by atoms with Gasteiger partial charge in [-0.3, -0.25) is 0 Å². The fourth-order valence-electron chi connectivity index (χ4n) is 18.2. The number of benzene rings is 15. The number of aromatic nitrogens is 4. The van der Waals surface area contributed by atoms with Crippen molar-refractivity contribution in [3.63, 3.8) is 0 Å². The van der Waals surface area contributed by atoms with Crippen LogP contribution in [-0.4, -0.2) is 25.8 Å². The van der Waals surface area contributed by atoms with Gasteiger partial charge in [0.1, 0.15) is 0 Å². The summed E-state index contributed by atoms with van der Waals surface area (Å²) in [5.74, 6) is 0.633. The van der Waals surface area contributed by atoms with Crippen molar-refractivity contribution in [3.05, 3.63) is 356 Å². The van der Waals surface area contributed by atoms with E-state index in [1.165, 1.54) is 116 Å². The van der Waals surface area contributed by atoms with Crippen LogP contribution >= 0.6 is 0 Å². The van der Waals surface area contributed by atoms with Gasteiger partial charge < -0.3 is 9.13 Å². The predicted octanol–water partition coefficient (Wildman–Crippen LogP) is 27.3. The molecule has 0 radical (unpaired) electrons. The molecule has 0 spiro atoms. The highest BCUT2D eigenvalue weighted by molar-refractivity contribution is 7.00. The quantitative estimate of drug-likeness (QED) is 0.121. The van der Waals surface area contributed by atoms with E-state index in [1.807, 2.05) is 0 Å². The molecule has 3 aromatic heterocycles. The van der Waals surface area contributed by atoms with Gasteiger partial charge >= 0.3 is 0 Å². The van der Waals surface area contributed by atoms with E-state index in [0.717, 1.165) is 95.0 Å². The van der Waals surface area contributed by atoms with Crippen LogP contribution in [0.25, 0.3) is 178 Å². The summed E-state index contributed by atoms with van der Waals surface area (Å²) in [5, 5.41) is 4.85. The standard InChI is InChI=1S/C110H91BN4/c1-107(2,3)87-43-33-72(34-44-87)76-41-51-99-91(59-76)93-61-82(74-37-47-89(48-38-74)109(7,8)9)63-95-104(93)114(99)101-65-85(66-102-103(101)111(95)96-64-83(75-39-49-90(50-40-75)110(10,11)12)62-94-92-60-77(42-52-100(92)115(102)105(94)96)73-35-45-88(46-36-73)108(4,5)6)98-67-97(84-55-78(68-25-17-13-18-26-68)53-79(56-84)69-27-19-14-20-28-69)112-106(113-98)86-57-80(70-29-21-15-22-30-70)54-81(58-86)71-31-23-16-24-32-71/h13-67H,1-12H3. The molecule has 18 aromatic rings. The summed E-state index contributed by atoms with van der Waals surface area (Å²) < 4.78 is 5.29. The molecular formula is C110H91BN4. The Morgan fingerprint density at radius 3 is 0.800 bits per heavy atom. The molecule has 0 amide bonds. The highest BCUT2D eigenvalue weighted by Crippen LogP contribution is 2.47. The lowest BCUT2D eigenvalue weighted by Crippen LogP contribution is -2.59. The SMILES string of the molecule is CC(C)(C)c1ccc(-c2ccc3c(c2)c2cc(-c4ccc(C(C)(C)C)cc4)cc4c2n3-c2cc(-c3cc(-c5cc(-c6ccccc6)cc(-c6ccccc6)c5)nc(-c5cc(-c6ccccc6)cc(-c6ccccc6)c5)n3)cc3c2B4c2cc(-c4ccc(C(C)(C)C)cc4)cc4c5cc(-c6ccc(C(C)(C)C)cc6)ccc5n-3c24)cc1. The van der Waals surface area contributed by atoms with Gasteiger partial charge in [0.05, 0.1) is 22.4 Å². The molecule has 20 rings (SSSR count). The molecule has 0 saturated carbocycles. The van der Waals surface area contributed by atoms with Crippen LogP contribution < -0.4 is 16.4 Å². The zero-order valence-electron chi connectivity index (χ0n) is 67.6. The van der Waals surface area contributed by atoms with Crippen LogP contribution in [-0.2, 0) is 21.7 Å². The van der Waals surface area contributed by atoms with E-state index < -0.39 is 0 Å². The zero-order valence-corrected chi connectivity index (χ0v) is 67.6. The van der Waals surface area contributed by atoms with Gasteiger partial charge in [0, 0.05) is 60.6 Å². The molecular weight excluding hydrogens is 1390 g/mol. The Balaban J connectivity index is 0.918. The van der Waals surface area contributed by atoms with Crippen molar-refractivity contribution in [1.82, 2.24) is 19.1 Å². The van der Waals surface area contributed by atoms with Crippen LogP contribution in [0.2, 0.25) is 0 Å². The number of rotatable bonds is 11. The van der Waals surface area contributed by atoms with Crippen molar-refractivity contribution in [1.29, 1.82) is 0 Å². The third-order valence-electron chi connectivity index (χ3n) is 24.5. The van der Waals surface area contributed by atoms with Gasteiger partial charge in [-0.25, -0.2) is 9.97 Å². The van der Waals surface area contributed by atoms with Crippen molar-refractivity contribution < 1.29 is 0 Å². The second-order valence-electron chi connectivity index (χ2n) is 36.3. The van der Waals surface area contributed by atoms with Crippen molar-refractivity contribution in [2.45, 2.75) is 105 Å². The zero-order chi connectivity index (χ0) is 78.6. The molecule has 0 atom stereocenters. The molecule has 2 aliphatic rings. The number of nitrogens with zero attached hydrogens (tertiary/aromatic N) is 4. The topological polar surface area (TPSA) is 35.6 Å². The number of fused-ring (bicyclic) bond motifs is 10. The molecule has 554 valence electrons. The van der Waals surface area contributed by atoms with Crippen molar-refractivity contribution in [2.24, 2.45) is 0 Å². The van der Waals surface area contributed by atoms with Gasteiger partial charge in [-0.15, -0.1) is 0 Å². The number of hydrogen-bond donors (Lipinski definition) is 0. The summed E-state index contributed by atoms with van der Waals surface area (Å²) in [4.78, 5) is 11.9. The third-order valence-corrected chi connectivity index (χ3v) is 24.5. The minimum absolute atomic E-state index is 0.0129. The molecule has 5 heterocycles. The lowest BCUT2D eigenvalue weighted by Gasteiger charge is -2.34. The Bertz CT molecular complexity index is 6370. The monoisotopic (exact) mass is 1480 g/mol. The lowest BCUT2D eigenvalue weighted by atomic mass is 9.34. The molecule has 5 heteroatoms. The number of hydrogen-bond acceptors (Lipinski definition) is 2. The van der Waals surface area contributed by atoms with Crippen LogP contribution in [0.1, 0.15) is 105 Å². The smallest absolute Gasteiger partial charge is 0.252 e. The minimum atomic E-state index is -0.222. The van der Waals surface area contributed by atoms with Gasteiger partial charge in [-0.2, -0.15) is 0 Å². The first-order valence-corrected chi connectivity index (χ1v) is 40.8. The maximum Gasteiger partial charge on any atom is 0.252 e. The van der Waals surface area contributed by atoms with Gasteiger partial charge in [-0.05, 0) is 240 Å². The van der Waals surface area contributed by atoms with E-state index >= 15 is 0 Å². The van der Waals surface area contributed by atoms with Crippen LogP contribution in [0.5, 0.6) is 0 Å². The maximum absolute atomic E-state index is 6.01. The molecule has 15 aromatic carbocycles. The Morgan fingerprint density at radius 1 is 0.217 bits per heavy atom. The van der Waals surface area contributed by atoms with Gasteiger partial charge in [0.15, 0.2) is 5.82 Å². The van der Waals surface area contributed by atoms with Crippen molar-refractivity contribution in [2.75, 3.05) is 0 Å². The molecule has 4 nitrogen and oxygen atoms in total. The van der Waals surface area contributed by atoms with Crippen molar-refractivity contribution in [3.8, 4) is 134 Å². The molecule has 115 heavy (non-hydrogen) atoms. The first kappa shape index (κ1) is 71.1. The Hall–Kier alpha value is -13.0. The third kappa shape index (κ3) is 12.5. The average molecular weight is 1480 g/mol. The first-order chi connectivity index (χ1) is 55.5. The summed E-state index contributed by atoms with van der Waals surface area (Å²) in [7, 11) is 0. The summed E-state index contributed by atoms with van der Waals surface area (Å²) in [5.41, 5.74) is 39.0. The second-order valence-corrected chi connectivity index (χ2v) is 36.3. The van der Waals surface area contributed by atoms with Crippen LogP contribution in [0.15, 0.2) is 334 Å². The van der Waals surface area contributed by atoms with Gasteiger partial charge in [0.2, 0.25) is 0 Å². The highest BCUT2D eigenvalue weighted by atomic mass is 15.0. The fraction of sp³-hybridized carbons (Fsp3) is 0.145. The van der Waals surface area contributed by atoms with E-state index in [1.54, 1.807) is 0 Å². The second kappa shape index (κ2) is 26.9. The first-order valence-electron chi connectivity index (χ1n) is 40.8. The van der Waals surface area contributed by atoms with E-state index in [2.05, 4.69) is 426 Å². The molecule has 0 N–H and O–H groups in total. The molecule has 0 fully saturated rings. The van der Waals surface area contributed by atoms with Crippen molar-refractivity contribution >= 4 is 66.7 Å². The minimum Gasteiger partial charge on any atom is -0.310 e. The van der Waals surface area contributed by atoms with E-state index in [0.29, 0.717) is 5.82 Å². The molecule has 2 aliphatic heterocycles. The van der Waals surface area contributed by atoms with E-state index in [4.69, 9.17) is 9.97 Å². The fourth-order valence-corrected chi connectivity index (χ4v) is 18.2. The molecule has 0 bridgehead atoms. The average Bonchev–Trinajstić information content (AvgIpc) is 1.45. The predicted molar refractivity (Wildman–Crippen MR) is 490 cm³/mol. The maximum atomic E-state index is 6.01.